The number of hydrogen-bond donors (Lipinski definition) is 0. The maximum absolute atomic E-state index is 12.5. The van der Waals surface area contributed by atoms with Crippen molar-refractivity contribution in [1.29, 1.82) is 5.26 Å². The molecule has 0 unspecified atom stereocenters. The normalized spacial score (nSPS) is 11.0. The van der Waals surface area contributed by atoms with Gasteiger partial charge in [-0.15, -0.1) is 0 Å². The molecule has 0 saturated heterocycles. The van der Waals surface area contributed by atoms with Gasteiger partial charge in [0.1, 0.15) is 6.07 Å². The number of nitrogens with zero attached hydrogens (tertiary/aromatic N) is 1. The van der Waals surface area contributed by atoms with E-state index in [-0.39, 0.29) is 10.6 Å². The lowest BCUT2D eigenvalue weighted by Gasteiger charge is -2.11. The third-order valence-electron chi connectivity index (χ3n) is 1.90. The number of rotatable bonds is 1. The highest BCUT2D eigenvalue weighted by atomic mass is 35.5. The van der Waals surface area contributed by atoms with Gasteiger partial charge in [-0.3, -0.25) is 4.79 Å². The topological polar surface area (TPSA) is 40.9 Å². The van der Waals surface area contributed by atoms with E-state index in [0.29, 0.717) is 6.07 Å². The fourth-order valence-corrected chi connectivity index (χ4v) is 1.45. The number of benzene rings is 1. The fourth-order valence-electron chi connectivity index (χ4n) is 1.23. The fraction of sp³-hybridized carbons (Fsp3) is 0.200. The molecule has 6 heteroatoms. The van der Waals surface area contributed by atoms with Crippen molar-refractivity contribution < 1.29 is 18.0 Å². The van der Waals surface area contributed by atoms with Crippen molar-refractivity contribution in [1.82, 2.24) is 0 Å². The standard InChI is InChI=1S/C10H5ClF3NO/c1-5(16)7-2-6(11)3-9(8(7)4-15)10(12,13)14/h2-3H,1H3. The first-order valence-electron chi connectivity index (χ1n) is 4.09. The summed E-state index contributed by atoms with van der Waals surface area (Å²) in [5, 5.41) is 8.43. The predicted octanol–water partition coefficient (Wildman–Crippen LogP) is 3.43. The third-order valence-corrected chi connectivity index (χ3v) is 2.12. The van der Waals surface area contributed by atoms with E-state index in [9.17, 15) is 18.0 Å². The SMILES string of the molecule is CC(=O)c1cc(Cl)cc(C(F)(F)F)c1C#N. The van der Waals surface area contributed by atoms with E-state index in [4.69, 9.17) is 16.9 Å². The zero-order valence-electron chi connectivity index (χ0n) is 8.02. The van der Waals surface area contributed by atoms with Gasteiger partial charge in [0, 0.05) is 10.6 Å². The number of hydrogen-bond acceptors (Lipinski definition) is 2. The zero-order valence-corrected chi connectivity index (χ0v) is 8.78. The lowest BCUT2D eigenvalue weighted by molar-refractivity contribution is -0.137. The molecule has 16 heavy (non-hydrogen) atoms. The van der Waals surface area contributed by atoms with Crippen molar-refractivity contribution in [3.05, 3.63) is 33.8 Å². The summed E-state index contributed by atoms with van der Waals surface area (Å²) in [6.45, 7) is 1.08. The molecule has 0 fully saturated rings. The maximum atomic E-state index is 12.5. The van der Waals surface area contributed by atoms with Crippen molar-refractivity contribution in [3.8, 4) is 6.07 Å². The van der Waals surface area contributed by atoms with E-state index in [1.165, 1.54) is 6.07 Å². The lowest BCUT2D eigenvalue weighted by atomic mass is 9.99. The molecule has 0 atom stereocenters. The first-order valence-corrected chi connectivity index (χ1v) is 4.47. The Bertz CT molecular complexity index is 488. The second kappa shape index (κ2) is 4.14. The molecule has 0 aliphatic heterocycles. The van der Waals surface area contributed by atoms with Gasteiger partial charge in [0.15, 0.2) is 5.78 Å². The molecule has 1 rings (SSSR count). The number of ketones is 1. The average Bonchev–Trinajstić information content (AvgIpc) is 2.14. The summed E-state index contributed by atoms with van der Waals surface area (Å²) in [5.41, 5.74) is -2.19. The molecular formula is C10H5ClF3NO. The predicted molar refractivity (Wildman–Crippen MR) is 51.2 cm³/mol. The minimum Gasteiger partial charge on any atom is -0.294 e. The largest absolute Gasteiger partial charge is 0.417 e. The first kappa shape index (κ1) is 12.5. The third kappa shape index (κ3) is 2.34. The van der Waals surface area contributed by atoms with Crippen LogP contribution in [0.2, 0.25) is 5.02 Å². The number of Topliss-reactive ketones (excluding diaryl/α,β-unsaturated/α-hetero) is 1. The highest BCUT2D eigenvalue weighted by molar-refractivity contribution is 6.31. The Kier molecular flexibility index (Phi) is 3.24. The molecule has 0 radical (unpaired) electrons. The van der Waals surface area contributed by atoms with E-state index >= 15 is 0 Å². The van der Waals surface area contributed by atoms with Crippen LogP contribution in [0.4, 0.5) is 13.2 Å². The number of halogens is 4. The number of alkyl halides is 3. The Labute approximate surface area is 94.2 Å². The van der Waals surface area contributed by atoms with E-state index < -0.39 is 23.1 Å². The van der Waals surface area contributed by atoms with Crippen LogP contribution >= 0.6 is 11.6 Å². The summed E-state index contributed by atoms with van der Waals surface area (Å²) in [6, 6.07) is 3.06. The molecule has 2 nitrogen and oxygen atoms in total. The minimum absolute atomic E-state index is 0.225. The van der Waals surface area contributed by atoms with Crippen molar-refractivity contribution in [2.24, 2.45) is 0 Å². The highest BCUT2D eigenvalue weighted by Crippen LogP contribution is 2.35. The lowest BCUT2D eigenvalue weighted by Crippen LogP contribution is -2.11. The van der Waals surface area contributed by atoms with Crippen molar-refractivity contribution in [2.45, 2.75) is 13.1 Å². The van der Waals surface area contributed by atoms with Crippen molar-refractivity contribution in [3.63, 3.8) is 0 Å². The summed E-state index contributed by atoms with van der Waals surface area (Å²) in [5.74, 6) is -0.635. The van der Waals surface area contributed by atoms with Crippen LogP contribution in [0.25, 0.3) is 0 Å². The summed E-state index contributed by atoms with van der Waals surface area (Å²) >= 11 is 5.47. The molecule has 0 aliphatic carbocycles. The van der Waals surface area contributed by atoms with Gasteiger partial charge in [-0.05, 0) is 19.1 Å². The molecule has 1 aromatic rings. The van der Waals surface area contributed by atoms with Gasteiger partial charge in [-0.2, -0.15) is 18.4 Å². The Morgan fingerprint density at radius 3 is 2.38 bits per heavy atom. The van der Waals surface area contributed by atoms with Crippen LogP contribution in [0.5, 0.6) is 0 Å². The Balaban J connectivity index is 3.63. The van der Waals surface area contributed by atoms with Crippen molar-refractivity contribution in [2.75, 3.05) is 0 Å². The van der Waals surface area contributed by atoms with E-state index in [1.807, 2.05) is 0 Å². The van der Waals surface area contributed by atoms with Gasteiger partial charge in [0.2, 0.25) is 0 Å². The second-order valence-electron chi connectivity index (χ2n) is 3.04. The second-order valence-corrected chi connectivity index (χ2v) is 3.48. The monoisotopic (exact) mass is 247 g/mol. The van der Waals surface area contributed by atoms with Gasteiger partial charge in [0.05, 0.1) is 11.1 Å². The summed E-state index contributed by atoms with van der Waals surface area (Å²) in [4.78, 5) is 11.1. The highest BCUT2D eigenvalue weighted by Gasteiger charge is 2.35. The number of carbonyl (C=O) groups excluding carboxylic acids is 1. The molecule has 0 heterocycles. The van der Waals surface area contributed by atoms with Gasteiger partial charge in [0.25, 0.3) is 0 Å². The van der Waals surface area contributed by atoms with Crippen molar-refractivity contribution >= 4 is 17.4 Å². The summed E-state index contributed by atoms with van der Waals surface area (Å²) in [7, 11) is 0. The van der Waals surface area contributed by atoms with Crippen LogP contribution in [-0.2, 0) is 6.18 Å². The van der Waals surface area contributed by atoms with Gasteiger partial charge in [-0.25, -0.2) is 0 Å². The van der Waals surface area contributed by atoms with Crippen LogP contribution in [0, 0.1) is 11.3 Å². The quantitative estimate of drug-likeness (QED) is 0.714. The smallest absolute Gasteiger partial charge is 0.294 e. The molecule has 0 amide bonds. The molecule has 0 spiro atoms. The molecule has 0 N–H and O–H groups in total. The molecule has 0 saturated carbocycles. The summed E-state index contributed by atoms with van der Waals surface area (Å²) in [6.07, 6.45) is -4.71. The Morgan fingerprint density at radius 2 is 2.00 bits per heavy atom. The van der Waals surface area contributed by atoms with E-state index in [1.54, 1.807) is 0 Å². The maximum Gasteiger partial charge on any atom is 0.417 e. The van der Waals surface area contributed by atoms with Gasteiger partial charge < -0.3 is 0 Å². The van der Waals surface area contributed by atoms with Gasteiger partial charge >= 0.3 is 6.18 Å². The van der Waals surface area contributed by atoms with Crippen LogP contribution in [0.1, 0.15) is 28.4 Å². The van der Waals surface area contributed by atoms with Crippen LogP contribution in [-0.4, -0.2) is 5.78 Å². The average molecular weight is 248 g/mol. The number of carbonyl (C=O) groups is 1. The Morgan fingerprint density at radius 1 is 1.44 bits per heavy atom. The molecule has 0 bridgehead atoms. The van der Waals surface area contributed by atoms with Crippen LogP contribution in [0.15, 0.2) is 12.1 Å². The Hall–Kier alpha value is -1.54. The molecule has 0 aromatic heterocycles. The first-order chi connectivity index (χ1) is 7.27. The van der Waals surface area contributed by atoms with E-state index in [0.717, 1.165) is 13.0 Å². The zero-order chi connectivity index (χ0) is 12.5. The van der Waals surface area contributed by atoms with Crippen LogP contribution in [0.3, 0.4) is 0 Å². The summed E-state index contributed by atoms with van der Waals surface area (Å²) < 4.78 is 37.6. The molecular weight excluding hydrogens is 243 g/mol. The molecule has 84 valence electrons. The number of nitriles is 1. The molecule has 1 aromatic carbocycles. The minimum atomic E-state index is -4.71. The van der Waals surface area contributed by atoms with E-state index in [2.05, 4.69) is 0 Å². The molecule has 0 aliphatic rings. The van der Waals surface area contributed by atoms with Gasteiger partial charge in [-0.1, -0.05) is 11.6 Å². The van der Waals surface area contributed by atoms with Crippen LogP contribution < -0.4 is 0 Å².